The summed E-state index contributed by atoms with van der Waals surface area (Å²) in [6.07, 6.45) is 0. The molecule has 0 radical (unpaired) electrons. The molecule has 5 heteroatoms. The van der Waals surface area contributed by atoms with Crippen LogP contribution < -0.4 is 5.73 Å². The summed E-state index contributed by atoms with van der Waals surface area (Å²) in [4.78, 5) is 2.44. The highest BCUT2D eigenvalue weighted by Gasteiger charge is 2.31. The van der Waals surface area contributed by atoms with Crippen molar-refractivity contribution < 1.29 is 0 Å². The van der Waals surface area contributed by atoms with Crippen LogP contribution in [0.15, 0.2) is 18.2 Å². The van der Waals surface area contributed by atoms with Crippen molar-refractivity contribution in [2.45, 2.75) is 24.6 Å². The summed E-state index contributed by atoms with van der Waals surface area (Å²) in [6.45, 7) is 7.21. The van der Waals surface area contributed by atoms with Gasteiger partial charge in [-0.05, 0) is 31.5 Å². The summed E-state index contributed by atoms with van der Waals surface area (Å²) in [7, 11) is 0. The largest absolute Gasteiger partial charge is 0.329 e. The molecule has 1 aliphatic heterocycles. The Morgan fingerprint density at radius 1 is 1.42 bits per heavy atom. The second-order valence-corrected chi connectivity index (χ2v) is 8.14. The molecule has 1 aromatic carbocycles. The highest BCUT2D eigenvalue weighted by Crippen LogP contribution is 2.36. The molecule has 0 saturated carbocycles. The molecule has 0 spiro atoms. The molecule has 2 N–H and O–H groups in total. The van der Waals surface area contributed by atoms with Crippen LogP contribution in [0.2, 0.25) is 10.0 Å². The van der Waals surface area contributed by atoms with Crippen molar-refractivity contribution >= 4 is 35.0 Å². The van der Waals surface area contributed by atoms with Gasteiger partial charge in [0.1, 0.15) is 0 Å². The van der Waals surface area contributed by atoms with Gasteiger partial charge in [0.2, 0.25) is 0 Å². The Morgan fingerprint density at radius 3 is 2.74 bits per heavy atom. The van der Waals surface area contributed by atoms with E-state index in [-0.39, 0.29) is 10.8 Å². The maximum Gasteiger partial charge on any atom is 0.0486 e. The molecule has 1 aromatic rings. The van der Waals surface area contributed by atoms with Crippen LogP contribution in [0.3, 0.4) is 0 Å². The van der Waals surface area contributed by atoms with Crippen molar-refractivity contribution in [3.8, 4) is 0 Å². The van der Waals surface area contributed by atoms with Crippen LogP contribution in [-0.2, 0) is 0 Å². The van der Waals surface area contributed by atoms with Crippen LogP contribution in [0.1, 0.15) is 25.5 Å². The minimum atomic E-state index is 0.171. The Labute approximate surface area is 129 Å². The van der Waals surface area contributed by atoms with Crippen LogP contribution in [-0.4, -0.2) is 35.0 Å². The molecule has 0 bridgehead atoms. The number of halogens is 2. The molecular weight excluding hydrogens is 299 g/mol. The van der Waals surface area contributed by atoms with Gasteiger partial charge in [0.25, 0.3) is 0 Å². The smallest absolute Gasteiger partial charge is 0.0486 e. The Morgan fingerprint density at radius 2 is 2.16 bits per heavy atom. The Kier molecular flexibility index (Phi) is 5.07. The quantitative estimate of drug-likeness (QED) is 0.918. The molecule has 1 fully saturated rings. The number of rotatable bonds is 3. The van der Waals surface area contributed by atoms with Gasteiger partial charge in [-0.2, -0.15) is 11.8 Å². The van der Waals surface area contributed by atoms with Gasteiger partial charge in [0.05, 0.1) is 0 Å². The summed E-state index contributed by atoms with van der Waals surface area (Å²) < 4.78 is 0.268. The topological polar surface area (TPSA) is 29.3 Å². The maximum atomic E-state index is 6.32. The third-order valence-electron chi connectivity index (χ3n) is 3.44. The van der Waals surface area contributed by atoms with Crippen molar-refractivity contribution in [1.82, 2.24) is 4.90 Å². The molecule has 1 aliphatic rings. The number of nitrogens with two attached hydrogens (primary N) is 1. The normalized spacial score (nSPS) is 21.3. The zero-order valence-electron chi connectivity index (χ0n) is 11.3. The SMILES string of the molecule is CC1(C)CN(C(CN)c2ccc(Cl)cc2Cl)CCS1. The first-order valence-electron chi connectivity index (χ1n) is 6.46. The average Bonchev–Trinajstić information content (AvgIpc) is 2.31. The van der Waals surface area contributed by atoms with E-state index < -0.39 is 0 Å². The van der Waals surface area contributed by atoms with E-state index in [1.807, 2.05) is 23.9 Å². The molecule has 1 atom stereocenters. The summed E-state index contributed by atoms with van der Waals surface area (Å²) in [6, 6.07) is 5.85. The zero-order chi connectivity index (χ0) is 14.0. The van der Waals surface area contributed by atoms with E-state index >= 15 is 0 Å². The second kappa shape index (κ2) is 6.23. The summed E-state index contributed by atoms with van der Waals surface area (Å²) in [5.74, 6) is 1.13. The van der Waals surface area contributed by atoms with Crippen molar-refractivity contribution in [2.75, 3.05) is 25.4 Å². The molecule has 1 unspecified atom stereocenters. The average molecular weight is 319 g/mol. The van der Waals surface area contributed by atoms with E-state index in [0.717, 1.165) is 24.4 Å². The fourth-order valence-corrected chi connectivity index (χ4v) is 4.23. The van der Waals surface area contributed by atoms with Crippen LogP contribution in [0.5, 0.6) is 0 Å². The highest BCUT2D eigenvalue weighted by atomic mass is 35.5. The van der Waals surface area contributed by atoms with Crippen LogP contribution in [0.4, 0.5) is 0 Å². The third-order valence-corrected chi connectivity index (χ3v) is 5.30. The molecule has 19 heavy (non-hydrogen) atoms. The number of benzene rings is 1. The first-order chi connectivity index (χ1) is 8.93. The molecule has 1 saturated heterocycles. The molecule has 106 valence electrons. The lowest BCUT2D eigenvalue weighted by molar-refractivity contribution is 0.192. The van der Waals surface area contributed by atoms with Gasteiger partial charge in [-0.25, -0.2) is 0 Å². The maximum absolute atomic E-state index is 6.32. The van der Waals surface area contributed by atoms with Gasteiger partial charge in [0.15, 0.2) is 0 Å². The Bertz CT molecular complexity index is 451. The number of hydrogen-bond donors (Lipinski definition) is 1. The molecule has 0 aliphatic carbocycles. The van der Waals surface area contributed by atoms with Gasteiger partial charge < -0.3 is 5.73 Å². The van der Waals surface area contributed by atoms with E-state index in [1.165, 1.54) is 0 Å². The lowest BCUT2D eigenvalue weighted by Gasteiger charge is -2.42. The molecular formula is C14H20Cl2N2S. The minimum absolute atomic E-state index is 0.171. The Balaban J connectivity index is 2.24. The standard InChI is InChI=1S/C14H20Cl2N2S/c1-14(2)9-18(5-6-19-14)13(8-17)11-4-3-10(15)7-12(11)16/h3-4,7,13H,5-6,8-9,17H2,1-2H3. The Hall–Kier alpha value is 0.0700. The van der Waals surface area contributed by atoms with Crippen molar-refractivity contribution in [3.05, 3.63) is 33.8 Å². The van der Waals surface area contributed by atoms with E-state index in [1.54, 1.807) is 6.07 Å². The fourth-order valence-electron chi connectivity index (χ4n) is 2.56. The highest BCUT2D eigenvalue weighted by molar-refractivity contribution is 8.00. The van der Waals surface area contributed by atoms with Gasteiger partial charge in [-0.3, -0.25) is 4.90 Å². The second-order valence-electron chi connectivity index (χ2n) is 5.50. The minimum Gasteiger partial charge on any atom is -0.329 e. The first-order valence-corrected chi connectivity index (χ1v) is 8.20. The molecule has 0 amide bonds. The lowest BCUT2D eigenvalue weighted by Crippen LogP contribution is -2.46. The van der Waals surface area contributed by atoms with E-state index in [9.17, 15) is 0 Å². The predicted octanol–water partition coefficient (Wildman–Crippen LogP) is 3.82. The predicted molar refractivity (Wildman–Crippen MR) is 86.4 cm³/mol. The summed E-state index contributed by atoms with van der Waals surface area (Å²) >= 11 is 14.3. The van der Waals surface area contributed by atoms with Crippen LogP contribution >= 0.6 is 35.0 Å². The molecule has 0 aromatic heterocycles. The van der Waals surface area contributed by atoms with E-state index in [2.05, 4.69) is 18.7 Å². The van der Waals surface area contributed by atoms with Gasteiger partial charge in [0, 0.05) is 46.2 Å². The van der Waals surface area contributed by atoms with Gasteiger partial charge in [-0.1, -0.05) is 29.3 Å². The van der Waals surface area contributed by atoms with Crippen molar-refractivity contribution in [3.63, 3.8) is 0 Å². The van der Waals surface area contributed by atoms with Gasteiger partial charge in [-0.15, -0.1) is 0 Å². The molecule has 2 nitrogen and oxygen atoms in total. The number of thioether (sulfide) groups is 1. The summed E-state index contributed by atoms with van der Waals surface area (Å²) in [5.41, 5.74) is 7.07. The molecule has 1 heterocycles. The number of nitrogens with zero attached hydrogens (tertiary/aromatic N) is 1. The van der Waals surface area contributed by atoms with Crippen LogP contribution in [0, 0.1) is 0 Å². The fraction of sp³-hybridized carbons (Fsp3) is 0.571. The zero-order valence-corrected chi connectivity index (χ0v) is 13.7. The van der Waals surface area contributed by atoms with Crippen LogP contribution in [0.25, 0.3) is 0 Å². The van der Waals surface area contributed by atoms with Crippen molar-refractivity contribution in [2.24, 2.45) is 5.73 Å². The molecule has 2 rings (SSSR count). The summed E-state index contributed by atoms with van der Waals surface area (Å²) in [5, 5.41) is 1.37. The van der Waals surface area contributed by atoms with E-state index in [0.29, 0.717) is 16.6 Å². The number of hydrogen-bond acceptors (Lipinski definition) is 3. The van der Waals surface area contributed by atoms with Crippen molar-refractivity contribution in [1.29, 1.82) is 0 Å². The lowest BCUT2D eigenvalue weighted by atomic mass is 10.0. The monoisotopic (exact) mass is 318 g/mol. The first kappa shape index (κ1) is 15.5. The third kappa shape index (κ3) is 3.79. The van der Waals surface area contributed by atoms with E-state index in [4.69, 9.17) is 28.9 Å². The van der Waals surface area contributed by atoms with Gasteiger partial charge >= 0.3 is 0 Å².